The lowest BCUT2D eigenvalue weighted by atomic mass is 10.3. The van der Waals surface area contributed by atoms with Crippen molar-refractivity contribution in [2.45, 2.75) is 4.90 Å². The summed E-state index contributed by atoms with van der Waals surface area (Å²) in [5.74, 6) is 0.188. The van der Waals surface area contributed by atoms with Gasteiger partial charge in [-0.25, -0.2) is 17.5 Å². The van der Waals surface area contributed by atoms with Crippen molar-refractivity contribution in [1.29, 1.82) is 0 Å². The van der Waals surface area contributed by atoms with Gasteiger partial charge in [0.1, 0.15) is 5.75 Å². The monoisotopic (exact) mass is 359 g/mol. The zero-order chi connectivity index (χ0) is 16.3. The maximum absolute atomic E-state index is 12.3. The molecule has 0 fully saturated rings. The summed E-state index contributed by atoms with van der Waals surface area (Å²) in [5, 5.41) is 0.868. The molecule has 116 valence electrons. The number of benzene rings is 2. The molecule has 0 saturated carbocycles. The van der Waals surface area contributed by atoms with Gasteiger partial charge in [-0.1, -0.05) is 23.2 Å². The summed E-state index contributed by atoms with van der Waals surface area (Å²) >= 11 is 11.4. The quantitative estimate of drug-likeness (QED) is 0.835. The minimum absolute atomic E-state index is 0.0625. The van der Waals surface area contributed by atoms with E-state index in [4.69, 9.17) is 27.9 Å². The van der Waals surface area contributed by atoms with Crippen LogP contribution in [0.4, 0.5) is 4.79 Å². The zero-order valence-electron chi connectivity index (χ0n) is 11.4. The van der Waals surface area contributed by atoms with Crippen molar-refractivity contribution >= 4 is 39.3 Å². The average molecular weight is 360 g/mol. The predicted molar refractivity (Wildman–Crippen MR) is 83.9 cm³/mol. The molecule has 8 heteroatoms. The van der Waals surface area contributed by atoms with Gasteiger partial charge in [0.2, 0.25) is 0 Å². The molecule has 0 spiro atoms. The summed E-state index contributed by atoms with van der Waals surface area (Å²) in [7, 11) is -2.90. The molecular formula is C14H11Cl2NO4S. The fraction of sp³-hybridized carbons (Fsp3) is 0.0714. The van der Waals surface area contributed by atoms with Gasteiger partial charge in [0, 0.05) is 17.1 Å². The van der Waals surface area contributed by atoms with Gasteiger partial charge in [-0.3, -0.25) is 0 Å². The van der Waals surface area contributed by atoms with Crippen LogP contribution < -0.4 is 4.74 Å². The van der Waals surface area contributed by atoms with Crippen molar-refractivity contribution in [3.63, 3.8) is 0 Å². The van der Waals surface area contributed by atoms with E-state index in [1.54, 1.807) is 0 Å². The summed E-state index contributed by atoms with van der Waals surface area (Å²) < 4.78 is 30.1. The first-order chi connectivity index (χ1) is 10.3. The predicted octanol–water partition coefficient (Wildman–Crippen LogP) is 3.81. The number of amides is 1. The molecule has 0 N–H and O–H groups in total. The van der Waals surface area contributed by atoms with Crippen molar-refractivity contribution in [2.75, 3.05) is 7.05 Å². The number of halogens is 2. The maximum Gasteiger partial charge on any atom is 0.429 e. The lowest BCUT2D eigenvalue weighted by Crippen LogP contribution is -2.35. The van der Waals surface area contributed by atoms with Gasteiger partial charge in [0.25, 0.3) is 10.0 Å². The molecule has 0 radical (unpaired) electrons. The van der Waals surface area contributed by atoms with Crippen LogP contribution in [0.2, 0.25) is 10.0 Å². The number of carbonyl (C=O) groups is 1. The fourth-order valence-electron chi connectivity index (χ4n) is 1.53. The van der Waals surface area contributed by atoms with E-state index >= 15 is 0 Å². The molecular weight excluding hydrogens is 349 g/mol. The van der Waals surface area contributed by atoms with Crippen LogP contribution in [0, 0.1) is 0 Å². The standard InChI is InChI=1S/C14H11Cl2NO4S/c1-17(14(18)21-12-6-2-10(15)3-7-12)22(19,20)13-8-4-11(16)5-9-13/h2-9H,1H3. The van der Waals surface area contributed by atoms with Gasteiger partial charge in [-0.15, -0.1) is 0 Å². The van der Waals surface area contributed by atoms with Gasteiger partial charge in [-0.2, -0.15) is 0 Å². The number of nitrogens with zero attached hydrogens (tertiary/aromatic N) is 1. The van der Waals surface area contributed by atoms with E-state index in [2.05, 4.69) is 0 Å². The third-order valence-corrected chi connectivity index (χ3v) is 4.99. The van der Waals surface area contributed by atoms with Crippen molar-refractivity contribution < 1.29 is 17.9 Å². The molecule has 0 aliphatic heterocycles. The first kappa shape index (κ1) is 16.6. The van der Waals surface area contributed by atoms with Crippen molar-refractivity contribution in [3.05, 3.63) is 58.6 Å². The fourth-order valence-corrected chi connectivity index (χ4v) is 2.81. The highest BCUT2D eigenvalue weighted by molar-refractivity contribution is 7.89. The van der Waals surface area contributed by atoms with Gasteiger partial charge >= 0.3 is 6.09 Å². The molecule has 0 unspecified atom stereocenters. The smallest absolute Gasteiger partial charge is 0.409 e. The number of hydrogen-bond acceptors (Lipinski definition) is 4. The molecule has 2 rings (SSSR count). The maximum atomic E-state index is 12.3. The van der Waals surface area contributed by atoms with E-state index in [-0.39, 0.29) is 10.6 Å². The summed E-state index contributed by atoms with van der Waals surface area (Å²) in [6, 6.07) is 11.4. The van der Waals surface area contributed by atoms with E-state index in [0.29, 0.717) is 14.4 Å². The Bertz CT molecular complexity index is 773. The largest absolute Gasteiger partial charge is 0.429 e. The van der Waals surface area contributed by atoms with Crippen LogP contribution in [0.3, 0.4) is 0 Å². The molecule has 0 saturated heterocycles. The van der Waals surface area contributed by atoms with E-state index in [9.17, 15) is 13.2 Å². The number of hydrogen-bond donors (Lipinski definition) is 0. The molecule has 2 aromatic carbocycles. The second-order valence-electron chi connectivity index (χ2n) is 4.25. The Morgan fingerprint density at radius 1 is 0.955 bits per heavy atom. The van der Waals surface area contributed by atoms with Crippen LogP contribution in [0.5, 0.6) is 5.75 Å². The molecule has 0 aliphatic rings. The van der Waals surface area contributed by atoms with Crippen molar-refractivity contribution in [1.82, 2.24) is 4.31 Å². The zero-order valence-corrected chi connectivity index (χ0v) is 13.7. The second kappa shape index (κ2) is 6.56. The van der Waals surface area contributed by atoms with Gasteiger partial charge < -0.3 is 4.74 Å². The van der Waals surface area contributed by atoms with Crippen LogP contribution in [-0.4, -0.2) is 25.9 Å². The van der Waals surface area contributed by atoms with Crippen molar-refractivity contribution in [2.24, 2.45) is 0 Å². The SMILES string of the molecule is CN(C(=O)Oc1ccc(Cl)cc1)S(=O)(=O)c1ccc(Cl)cc1. The van der Waals surface area contributed by atoms with Crippen LogP contribution >= 0.6 is 23.2 Å². The first-order valence-corrected chi connectivity index (χ1v) is 8.22. The van der Waals surface area contributed by atoms with E-state index in [1.807, 2.05) is 0 Å². The highest BCUT2D eigenvalue weighted by Crippen LogP contribution is 2.20. The Labute approximate surface area is 138 Å². The number of rotatable bonds is 3. The van der Waals surface area contributed by atoms with Crippen LogP contribution in [0.15, 0.2) is 53.4 Å². The van der Waals surface area contributed by atoms with Crippen LogP contribution in [0.1, 0.15) is 0 Å². The van der Waals surface area contributed by atoms with Gasteiger partial charge in [0.05, 0.1) is 4.90 Å². The second-order valence-corrected chi connectivity index (χ2v) is 7.09. The molecule has 0 heterocycles. The third kappa shape index (κ3) is 3.71. The minimum atomic E-state index is -4.01. The molecule has 1 amide bonds. The Morgan fingerprint density at radius 3 is 1.91 bits per heavy atom. The number of carbonyl (C=O) groups excluding carboxylic acids is 1. The molecule has 0 aliphatic carbocycles. The summed E-state index contributed by atoms with van der Waals surface area (Å²) in [6.07, 6.45) is -1.03. The number of ether oxygens (including phenoxy) is 1. The average Bonchev–Trinajstić information content (AvgIpc) is 2.49. The molecule has 0 bridgehead atoms. The highest BCUT2D eigenvalue weighted by Gasteiger charge is 2.27. The van der Waals surface area contributed by atoms with Crippen LogP contribution in [0.25, 0.3) is 0 Å². The van der Waals surface area contributed by atoms with Gasteiger partial charge in [0.15, 0.2) is 0 Å². The Morgan fingerprint density at radius 2 is 1.41 bits per heavy atom. The summed E-state index contributed by atoms with van der Waals surface area (Å²) in [6.45, 7) is 0. The van der Waals surface area contributed by atoms with E-state index < -0.39 is 16.1 Å². The first-order valence-electron chi connectivity index (χ1n) is 6.02. The number of sulfonamides is 1. The highest BCUT2D eigenvalue weighted by atomic mass is 35.5. The lowest BCUT2D eigenvalue weighted by molar-refractivity contribution is 0.184. The van der Waals surface area contributed by atoms with Crippen molar-refractivity contribution in [3.8, 4) is 5.75 Å². The normalized spacial score (nSPS) is 11.0. The van der Waals surface area contributed by atoms with E-state index in [1.165, 1.54) is 48.5 Å². The molecule has 5 nitrogen and oxygen atoms in total. The Balaban J connectivity index is 2.18. The minimum Gasteiger partial charge on any atom is -0.409 e. The van der Waals surface area contributed by atoms with Gasteiger partial charge in [-0.05, 0) is 48.5 Å². The van der Waals surface area contributed by atoms with E-state index in [0.717, 1.165) is 7.05 Å². The topological polar surface area (TPSA) is 63.7 Å². The summed E-state index contributed by atoms with van der Waals surface area (Å²) in [5.41, 5.74) is 0. The Kier molecular flexibility index (Phi) is 4.95. The molecule has 0 aromatic heterocycles. The lowest BCUT2D eigenvalue weighted by Gasteiger charge is -2.17. The van der Waals surface area contributed by atoms with Crippen LogP contribution in [-0.2, 0) is 10.0 Å². The third-order valence-electron chi connectivity index (χ3n) is 2.75. The molecule has 22 heavy (non-hydrogen) atoms. The summed E-state index contributed by atoms with van der Waals surface area (Å²) in [4.78, 5) is 11.9. The Hall–Kier alpha value is -1.76. The molecule has 0 atom stereocenters. The molecule has 2 aromatic rings.